The maximum atomic E-state index is 8.12. The normalized spacial score (nSPS) is 23.4. The number of ether oxygens (including phenoxy) is 13. The lowest BCUT2D eigenvalue weighted by Crippen LogP contribution is -3.00. The standard InChI is InChI=1S/C102H102O13P.HI/c1-103-102-101(112-74-84-54-30-10-31-55-84)100(111-73-83-52-28-9-29-53-83)96(107-69-79-44-20-5-21-45-79)91(115-102)65-64-89-94(105-67-77-40-16-3-17-41-77)98(109-71-81-48-24-7-25-49-81)93(104-66-76-38-14-2-15-39-76)88(113-89)62-63-90-95(106-68-78-42-18-4-19-43-78)99(110-72-82-50-26-8-27-51-82)97(108-70-80-46-22-6-23-47-80)92(114-90)75-116(85-56-32-11-33-57-85,86-58-34-12-35-59-86)87-60-36-13-37-61-87;/h2-65,88-102H,66-75H2,1H3;1H/q+1;/p-1/b63-62-,65-64?;/t88-,89+,90+,91-,92-,93-,94+,95+,96-,97-,98+,99-,100+,101-,102+;/m1./s1. The van der Waals surface area contributed by atoms with Crippen LogP contribution in [-0.2, 0) is 121 Å². The van der Waals surface area contributed by atoms with E-state index in [1.54, 1.807) is 7.11 Å². The summed E-state index contributed by atoms with van der Waals surface area (Å²) in [6, 6.07) is 125. The van der Waals surface area contributed by atoms with Gasteiger partial charge in [0, 0.05) is 7.11 Å². The number of rotatable bonds is 37. The van der Waals surface area contributed by atoms with Crippen LogP contribution in [-0.4, -0.2) is 105 Å². The number of hydrogen-bond acceptors (Lipinski definition) is 13. The van der Waals surface area contributed by atoms with Crippen molar-refractivity contribution in [3.8, 4) is 0 Å². The highest BCUT2D eigenvalue weighted by molar-refractivity contribution is 7.95. The van der Waals surface area contributed by atoms with Crippen LogP contribution in [0.3, 0.4) is 0 Å². The summed E-state index contributed by atoms with van der Waals surface area (Å²) in [5.74, 6) is 0. The molecule has 0 saturated carbocycles. The summed E-state index contributed by atoms with van der Waals surface area (Å²) < 4.78 is 95.9. The first-order valence-corrected chi connectivity index (χ1v) is 42.3. The van der Waals surface area contributed by atoms with Gasteiger partial charge in [-0.3, -0.25) is 0 Å². The molecule has 15 rings (SSSR count). The van der Waals surface area contributed by atoms with Gasteiger partial charge in [0.25, 0.3) is 0 Å². The zero-order chi connectivity index (χ0) is 78.6. The Morgan fingerprint density at radius 3 is 0.658 bits per heavy atom. The highest BCUT2D eigenvalue weighted by atomic mass is 127. The van der Waals surface area contributed by atoms with Crippen LogP contribution in [0.5, 0.6) is 0 Å². The molecule has 0 amide bonds. The molecule has 3 aliphatic rings. The molecule has 0 N–H and O–H groups in total. The zero-order valence-corrected chi connectivity index (χ0v) is 68.9. The van der Waals surface area contributed by atoms with Crippen molar-refractivity contribution >= 4 is 23.2 Å². The summed E-state index contributed by atoms with van der Waals surface area (Å²) in [7, 11) is -1.05. The average molecular weight is 1690 g/mol. The number of halogens is 1. The van der Waals surface area contributed by atoms with Crippen molar-refractivity contribution < 1.29 is 85.6 Å². The molecule has 3 saturated heterocycles. The lowest BCUT2D eigenvalue weighted by atomic mass is 9.90. The van der Waals surface area contributed by atoms with Crippen LogP contribution >= 0.6 is 7.26 Å². The summed E-state index contributed by atoms with van der Waals surface area (Å²) in [6.45, 7) is 2.20. The molecule has 0 radical (unpaired) electrons. The van der Waals surface area contributed by atoms with E-state index in [4.69, 9.17) is 61.6 Å². The first-order valence-electron chi connectivity index (χ1n) is 40.3. The molecule has 117 heavy (non-hydrogen) atoms. The predicted molar refractivity (Wildman–Crippen MR) is 456 cm³/mol. The molecule has 15 heteroatoms. The van der Waals surface area contributed by atoms with E-state index in [1.165, 1.54) is 15.9 Å². The first-order chi connectivity index (χ1) is 57.5. The molecule has 0 aliphatic carbocycles. The summed E-state index contributed by atoms with van der Waals surface area (Å²) in [4.78, 5) is 0. The molecule has 0 bridgehead atoms. The lowest BCUT2D eigenvalue weighted by Gasteiger charge is -2.47. The van der Waals surface area contributed by atoms with Crippen molar-refractivity contribution in [1.29, 1.82) is 0 Å². The van der Waals surface area contributed by atoms with Gasteiger partial charge >= 0.3 is 0 Å². The second kappa shape index (κ2) is 44.0. The van der Waals surface area contributed by atoms with Crippen molar-refractivity contribution in [1.82, 2.24) is 0 Å². The van der Waals surface area contributed by atoms with Gasteiger partial charge in [-0.1, -0.05) is 352 Å². The maximum Gasteiger partial charge on any atom is 0.186 e. The SMILES string of the molecule is CO[C@H]1O[C@H](C=C[C@@H]2O[C@H](/C=C\[C@@H]3O[C@H](C[P+](c4ccccc4)(c4ccccc4)c4ccccc4)[C@@H](OCc4ccccc4)[C@H](OCc4ccccc4)[C@H]3OCc3ccccc3)[C@@H](OCc3ccccc3)[C@H](OCc3ccccc3)[C@H]2OCc2ccccc2)[C@@H](OCc2ccccc2)[C@H](OCc2ccccc2)[C@H]1OCc1ccccc1.[I-]. The molecule has 12 aromatic rings. The van der Waals surface area contributed by atoms with Gasteiger partial charge in [0.1, 0.15) is 115 Å². The van der Waals surface area contributed by atoms with E-state index in [0.29, 0.717) is 6.16 Å². The number of hydrogen-bond donors (Lipinski definition) is 0. The summed E-state index contributed by atoms with van der Waals surface area (Å²) in [5, 5.41) is 3.61. The molecule has 3 heterocycles. The Labute approximate surface area is 706 Å². The maximum absolute atomic E-state index is 8.12. The minimum Gasteiger partial charge on any atom is -1.00 e. The van der Waals surface area contributed by atoms with Gasteiger partial charge in [-0.2, -0.15) is 0 Å². The van der Waals surface area contributed by atoms with E-state index in [0.717, 1.165) is 50.1 Å². The molecule has 600 valence electrons. The molecule has 0 aromatic heterocycles. The Morgan fingerprint density at radius 1 is 0.222 bits per heavy atom. The zero-order valence-electron chi connectivity index (χ0n) is 65.8. The third-order valence-electron chi connectivity index (χ3n) is 21.6. The molecule has 3 aliphatic heterocycles. The average Bonchev–Trinajstić information content (AvgIpc) is 0.739. The fourth-order valence-corrected chi connectivity index (χ4v) is 20.2. The first kappa shape index (κ1) is 84.2. The van der Waals surface area contributed by atoms with Crippen LogP contribution in [0.25, 0.3) is 0 Å². The van der Waals surface area contributed by atoms with Gasteiger partial charge in [-0.15, -0.1) is 0 Å². The van der Waals surface area contributed by atoms with E-state index < -0.39 is 99.0 Å². The molecule has 0 spiro atoms. The Morgan fingerprint density at radius 2 is 0.410 bits per heavy atom. The van der Waals surface area contributed by atoms with Gasteiger partial charge < -0.3 is 85.6 Å². The van der Waals surface area contributed by atoms with Crippen molar-refractivity contribution in [3.05, 3.63) is 438 Å². The topological polar surface area (TPSA) is 120 Å². The molecule has 12 aromatic carbocycles. The van der Waals surface area contributed by atoms with E-state index in [1.807, 2.05) is 176 Å². The smallest absolute Gasteiger partial charge is 0.186 e. The van der Waals surface area contributed by atoms with Crippen LogP contribution in [0.15, 0.2) is 388 Å². The Bertz CT molecular complexity index is 4740. The highest BCUT2D eigenvalue weighted by Gasteiger charge is 2.56. The third kappa shape index (κ3) is 22.8. The Balaban J connectivity index is 0.0000113. The van der Waals surface area contributed by atoms with Gasteiger partial charge in [-0.05, 0) is 86.5 Å². The molecule has 15 atom stereocenters. The third-order valence-corrected chi connectivity index (χ3v) is 26.1. The number of benzene rings is 12. The van der Waals surface area contributed by atoms with Gasteiger partial charge in [-0.25, -0.2) is 0 Å². The van der Waals surface area contributed by atoms with Gasteiger partial charge in [0.2, 0.25) is 0 Å². The molecular weight excluding hydrogens is 1590 g/mol. The van der Waals surface area contributed by atoms with Crippen LogP contribution in [0.2, 0.25) is 0 Å². The molecule has 3 fully saturated rings. The van der Waals surface area contributed by atoms with Gasteiger partial charge in [0.15, 0.2) is 6.29 Å². The van der Waals surface area contributed by atoms with Crippen molar-refractivity contribution in [2.75, 3.05) is 13.3 Å². The van der Waals surface area contributed by atoms with Crippen LogP contribution in [0.1, 0.15) is 50.1 Å². The van der Waals surface area contributed by atoms with Crippen LogP contribution in [0, 0.1) is 0 Å². The number of methoxy groups -OCH3 is 1. The Hall–Kier alpha value is -9.24. The Kier molecular flexibility index (Phi) is 31.7. The summed E-state index contributed by atoms with van der Waals surface area (Å²) >= 11 is 0. The second-order valence-corrected chi connectivity index (χ2v) is 33.1. The molecule has 13 nitrogen and oxygen atoms in total. The lowest BCUT2D eigenvalue weighted by molar-refractivity contribution is -0.309. The molecular formula is C102H102IO13P. The van der Waals surface area contributed by atoms with Crippen molar-refractivity contribution in [2.24, 2.45) is 0 Å². The van der Waals surface area contributed by atoms with E-state index >= 15 is 0 Å². The van der Waals surface area contributed by atoms with Crippen molar-refractivity contribution in [2.45, 2.75) is 151 Å². The molecule has 0 unspecified atom stereocenters. The van der Waals surface area contributed by atoms with Crippen LogP contribution < -0.4 is 39.9 Å². The van der Waals surface area contributed by atoms with Gasteiger partial charge in [0.05, 0.1) is 59.5 Å². The monoisotopic (exact) mass is 1690 g/mol. The van der Waals surface area contributed by atoms with E-state index in [9.17, 15) is 0 Å². The minimum atomic E-state index is -2.69. The largest absolute Gasteiger partial charge is 1.00 e. The summed E-state index contributed by atoms with van der Waals surface area (Å²) in [5.41, 5.74) is 8.85. The summed E-state index contributed by atoms with van der Waals surface area (Å²) in [6.07, 6.45) is -3.06. The van der Waals surface area contributed by atoms with Crippen molar-refractivity contribution in [3.63, 3.8) is 0 Å². The fourth-order valence-electron chi connectivity index (χ4n) is 15.8. The minimum absolute atomic E-state index is 0. The van der Waals surface area contributed by atoms with Crippen LogP contribution in [0.4, 0.5) is 0 Å². The fraction of sp³-hybridized carbons (Fsp3) is 0.255. The quantitative estimate of drug-likeness (QED) is 0.0209. The second-order valence-electron chi connectivity index (χ2n) is 29.5. The van der Waals surface area contributed by atoms with E-state index in [-0.39, 0.29) is 83.4 Å². The van der Waals surface area contributed by atoms with E-state index in [2.05, 4.69) is 212 Å². The highest BCUT2D eigenvalue weighted by Crippen LogP contribution is 2.57. The predicted octanol–water partition coefficient (Wildman–Crippen LogP) is 15.3.